The minimum absolute atomic E-state index is 0.284. The highest BCUT2D eigenvalue weighted by Crippen LogP contribution is 2.26. The normalized spacial score (nSPS) is 15.3. The molecular weight excluding hydrogens is 473 g/mol. The second-order valence-corrected chi connectivity index (χ2v) is 8.22. The van der Waals surface area contributed by atoms with Crippen LogP contribution in [0.1, 0.15) is 23.7 Å². The average Bonchev–Trinajstić information content (AvgIpc) is 3.26. The Morgan fingerprint density at radius 2 is 1.85 bits per heavy atom. The number of rotatable bonds is 5. The van der Waals surface area contributed by atoms with Gasteiger partial charge in [-0.3, -0.25) is 4.90 Å². The van der Waals surface area contributed by atoms with Gasteiger partial charge in [-0.1, -0.05) is 10.3 Å². The number of halogens is 3. The fraction of sp³-hybridized carbons (Fsp3) is 0.429. The fourth-order valence-corrected chi connectivity index (χ4v) is 3.98. The van der Waals surface area contributed by atoms with E-state index in [1.54, 1.807) is 6.92 Å². The zero-order valence-corrected chi connectivity index (χ0v) is 19.4. The Balaban J connectivity index is 1.30. The molecule has 182 valence electrons. The van der Waals surface area contributed by atoms with Gasteiger partial charge in [0.2, 0.25) is 0 Å². The van der Waals surface area contributed by atoms with E-state index < -0.39 is 6.36 Å². The third kappa shape index (κ3) is 6.03. The van der Waals surface area contributed by atoms with Gasteiger partial charge in [-0.2, -0.15) is 4.98 Å². The van der Waals surface area contributed by atoms with Crippen LogP contribution in [0.2, 0.25) is 0 Å². The first-order valence-electron chi connectivity index (χ1n) is 10.6. The van der Waals surface area contributed by atoms with Gasteiger partial charge in [-0.25, -0.2) is 0 Å². The number of hydrogen-bond acceptors (Lipinski definition) is 8. The van der Waals surface area contributed by atoms with Crippen LogP contribution in [0.4, 0.5) is 18.9 Å². The van der Waals surface area contributed by atoms with Gasteiger partial charge in [0.15, 0.2) is 10.9 Å². The SMILES string of the molecule is Cc1noc(C)c1-c1nc(CN2CCCN(C(=S)Nc3ccc(OC(F)(F)F)cc3)CC2)no1. The van der Waals surface area contributed by atoms with Crippen LogP contribution in [0.5, 0.6) is 5.75 Å². The monoisotopic (exact) mass is 496 g/mol. The predicted molar refractivity (Wildman–Crippen MR) is 120 cm³/mol. The van der Waals surface area contributed by atoms with Crippen molar-refractivity contribution in [2.75, 3.05) is 31.5 Å². The Labute approximate surface area is 198 Å². The van der Waals surface area contributed by atoms with Crippen LogP contribution in [-0.4, -0.2) is 62.8 Å². The third-order valence-electron chi connectivity index (χ3n) is 5.30. The van der Waals surface area contributed by atoms with Crippen molar-refractivity contribution in [3.63, 3.8) is 0 Å². The highest BCUT2D eigenvalue weighted by atomic mass is 32.1. The molecule has 1 aliphatic rings. The minimum atomic E-state index is -4.72. The van der Waals surface area contributed by atoms with Crippen LogP contribution in [0, 0.1) is 13.8 Å². The number of thiocarbonyl (C=S) groups is 1. The van der Waals surface area contributed by atoms with Crippen molar-refractivity contribution in [3.8, 4) is 17.2 Å². The van der Waals surface area contributed by atoms with Crippen LogP contribution < -0.4 is 10.1 Å². The molecule has 1 aliphatic heterocycles. The van der Waals surface area contributed by atoms with Crippen LogP contribution in [0.15, 0.2) is 33.3 Å². The van der Waals surface area contributed by atoms with Crippen molar-refractivity contribution in [1.82, 2.24) is 25.1 Å². The van der Waals surface area contributed by atoms with E-state index in [1.807, 2.05) is 11.8 Å². The van der Waals surface area contributed by atoms with Crippen LogP contribution in [0.25, 0.3) is 11.5 Å². The number of anilines is 1. The molecule has 0 aliphatic carbocycles. The summed E-state index contributed by atoms with van der Waals surface area (Å²) in [6.07, 6.45) is -3.85. The maximum absolute atomic E-state index is 12.3. The first-order valence-corrected chi connectivity index (χ1v) is 11.0. The molecule has 0 spiro atoms. The number of aryl methyl sites for hydroxylation is 2. The molecule has 0 atom stereocenters. The van der Waals surface area contributed by atoms with Gasteiger partial charge in [-0.15, -0.1) is 13.2 Å². The number of nitrogens with one attached hydrogen (secondary N) is 1. The molecule has 3 heterocycles. The zero-order valence-electron chi connectivity index (χ0n) is 18.6. The lowest BCUT2D eigenvalue weighted by Gasteiger charge is -2.24. The van der Waals surface area contributed by atoms with Crippen molar-refractivity contribution in [2.24, 2.45) is 0 Å². The molecule has 34 heavy (non-hydrogen) atoms. The highest BCUT2D eigenvalue weighted by molar-refractivity contribution is 7.80. The maximum Gasteiger partial charge on any atom is 0.573 e. The molecule has 1 aromatic carbocycles. The number of benzene rings is 1. The molecule has 3 aromatic rings. The van der Waals surface area contributed by atoms with E-state index in [0.29, 0.717) is 47.1 Å². The van der Waals surface area contributed by atoms with Gasteiger partial charge in [0.05, 0.1) is 12.2 Å². The molecule has 0 amide bonds. The van der Waals surface area contributed by atoms with Crippen LogP contribution in [0.3, 0.4) is 0 Å². The Hall–Kier alpha value is -3.19. The molecule has 9 nitrogen and oxygen atoms in total. The van der Waals surface area contributed by atoms with Gasteiger partial charge in [0.25, 0.3) is 5.89 Å². The Kier molecular flexibility index (Phi) is 7.03. The van der Waals surface area contributed by atoms with Gasteiger partial charge in [0.1, 0.15) is 17.1 Å². The summed E-state index contributed by atoms with van der Waals surface area (Å²) >= 11 is 5.51. The van der Waals surface area contributed by atoms with E-state index in [0.717, 1.165) is 31.6 Å². The topological polar surface area (TPSA) is 92.7 Å². The summed E-state index contributed by atoms with van der Waals surface area (Å²) in [5.41, 5.74) is 2.00. The molecule has 0 unspecified atom stereocenters. The molecule has 0 bridgehead atoms. The molecule has 1 fully saturated rings. The molecule has 1 saturated heterocycles. The van der Waals surface area contributed by atoms with Crippen molar-refractivity contribution < 1.29 is 27.0 Å². The largest absolute Gasteiger partial charge is 0.573 e. The standard InChI is InChI=1S/C21H23F3N6O3S/c1-13-18(14(2)32-27-13)19-26-17(28-33-19)12-29-8-3-9-30(11-10-29)20(34)25-15-4-6-16(7-5-15)31-21(22,23)24/h4-7H,3,8-12H2,1-2H3,(H,25,34). The lowest BCUT2D eigenvalue weighted by Crippen LogP contribution is -2.37. The smallest absolute Gasteiger partial charge is 0.406 e. The van der Waals surface area contributed by atoms with Crippen molar-refractivity contribution in [2.45, 2.75) is 33.2 Å². The van der Waals surface area contributed by atoms with Gasteiger partial charge in [-0.05, 0) is 56.8 Å². The Morgan fingerprint density at radius 1 is 1.09 bits per heavy atom. The number of aromatic nitrogens is 3. The van der Waals surface area contributed by atoms with Gasteiger partial charge < -0.3 is 24.0 Å². The van der Waals surface area contributed by atoms with Crippen molar-refractivity contribution >= 4 is 23.0 Å². The lowest BCUT2D eigenvalue weighted by atomic mass is 10.2. The molecule has 1 N–H and O–H groups in total. The Bertz CT molecular complexity index is 1110. The number of ether oxygens (including phenoxy) is 1. The minimum Gasteiger partial charge on any atom is -0.406 e. The van der Waals surface area contributed by atoms with E-state index >= 15 is 0 Å². The molecule has 0 radical (unpaired) electrons. The summed E-state index contributed by atoms with van der Waals surface area (Å²) in [6.45, 7) is 7.13. The second-order valence-electron chi connectivity index (χ2n) is 7.83. The maximum atomic E-state index is 12.3. The number of alkyl halides is 3. The van der Waals surface area contributed by atoms with Crippen molar-refractivity contribution in [1.29, 1.82) is 0 Å². The zero-order chi connectivity index (χ0) is 24.3. The van der Waals surface area contributed by atoms with Gasteiger partial charge >= 0.3 is 6.36 Å². The molecular formula is C21H23F3N6O3S. The van der Waals surface area contributed by atoms with E-state index in [-0.39, 0.29) is 5.75 Å². The number of nitrogens with zero attached hydrogens (tertiary/aromatic N) is 5. The van der Waals surface area contributed by atoms with E-state index in [2.05, 4.69) is 30.3 Å². The van der Waals surface area contributed by atoms with E-state index in [4.69, 9.17) is 21.3 Å². The summed E-state index contributed by atoms with van der Waals surface area (Å²) in [5, 5.41) is 11.6. The third-order valence-corrected chi connectivity index (χ3v) is 5.66. The quantitative estimate of drug-likeness (QED) is 0.520. The van der Waals surface area contributed by atoms with Crippen LogP contribution in [-0.2, 0) is 6.54 Å². The first kappa shape index (κ1) is 24.0. The summed E-state index contributed by atoms with van der Waals surface area (Å²) in [5.74, 6) is 1.31. The number of hydrogen-bond donors (Lipinski definition) is 1. The second kappa shape index (κ2) is 9.97. The Morgan fingerprint density at radius 3 is 2.53 bits per heavy atom. The van der Waals surface area contributed by atoms with E-state index in [9.17, 15) is 13.2 Å². The van der Waals surface area contributed by atoms with Gasteiger partial charge in [0, 0.05) is 31.9 Å². The lowest BCUT2D eigenvalue weighted by molar-refractivity contribution is -0.274. The van der Waals surface area contributed by atoms with Crippen molar-refractivity contribution in [3.05, 3.63) is 41.5 Å². The summed E-state index contributed by atoms with van der Waals surface area (Å²) in [4.78, 5) is 8.73. The van der Waals surface area contributed by atoms with E-state index in [1.165, 1.54) is 24.3 Å². The molecule has 0 saturated carbocycles. The summed E-state index contributed by atoms with van der Waals surface area (Å²) in [6, 6.07) is 5.46. The average molecular weight is 497 g/mol. The highest BCUT2D eigenvalue weighted by Gasteiger charge is 2.31. The molecule has 4 rings (SSSR count). The molecule has 13 heteroatoms. The first-order chi connectivity index (χ1) is 16.2. The summed E-state index contributed by atoms with van der Waals surface area (Å²) in [7, 11) is 0. The fourth-order valence-electron chi connectivity index (χ4n) is 3.68. The molecule has 2 aromatic heterocycles. The van der Waals surface area contributed by atoms with Crippen LogP contribution >= 0.6 is 12.2 Å². The summed E-state index contributed by atoms with van der Waals surface area (Å²) < 4.78 is 51.4. The predicted octanol–water partition coefficient (Wildman–Crippen LogP) is 4.14.